The van der Waals surface area contributed by atoms with Gasteiger partial charge in [0.1, 0.15) is 0 Å². The molecule has 0 saturated carbocycles. The first-order valence-corrected chi connectivity index (χ1v) is 5.46. The first-order chi connectivity index (χ1) is 7.97. The van der Waals surface area contributed by atoms with Gasteiger partial charge in [-0.2, -0.15) is 0 Å². The largest absolute Gasteiger partial charge is 0.380 e. The molecule has 0 amide bonds. The Bertz CT molecular complexity index is 491. The fraction of sp³-hybridized carbons (Fsp3) is 0.700. The standard InChI is InChI=1S/C10H18N4O3/c1-5-17-6-7(2)11-8-9(15)13(3)10(16)14(4)12-8/h7H,5-6H2,1-4H3,(H,11,12). The summed E-state index contributed by atoms with van der Waals surface area (Å²) in [5.41, 5.74) is -0.880. The number of nitrogens with zero attached hydrogens (tertiary/aromatic N) is 3. The minimum absolute atomic E-state index is 0.0485. The molecule has 7 heteroatoms. The molecule has 1 heterocycles. The van der Waals surface area contributed by atoms with Gasteiger partial charge in [-0.25, -0.2) is 9.48 Å². The van der Waals surface area contributed by atoms with Gasteiger partial charge in [-0.15, -0.1) is 5.10 Å². The van der Waals surface area contributed by atoms with Crippen LogP contribution in [0.2, 0.25) is 0 Å². The van der Waals surface area contributed by atoms with Crippen molar-refractivity contribution in [3.63, 3.8) is 0 Å². The lowest BCUT2D eigenvalue weighted by Crippen LogP contribution is -2.41. The van der Waals surface area contributed by atoms with E-state index in [2.05, 4.69) is 10.4 Å². The first kappa shape index (κ1) is 13.4. The maximum absolute atomic E-state index is 11.7. The summed E-state index contributed by atoms with van der Waals surface area (Å²) in [7, 11) is 2.92. The van der Waals surface area contributed by atoms with E-state index >= 15 is 0 Å². The second-order valence-electron chi connectivity index (χ2n) is 3.82. The van der Waals surface area contributed by atoms with Crippen molar-refractivity contribution in [2.24, 2.45) is 14.1 Å². The molecule has 0 saturated heterocycles. The second kappa shape index (κ2) is 5.62. The Kier molecular flexibility index (Phi) is 4.45. The van der Waals surface area contributed by atoms with Crippen molar-refractivity contribution in [3.05, 3.63) is 20.8 Å². The van der Waals surface area contributed by atoms with E-state index in [1.807, 2.05) is 13.8 Å². The quantitative estimate of drug-likeness (QED) is 0.740. The lowest BCUT2D eigenvalue weighted by atomic mass is 10.3. The number of rotatable bonds is 5. The van der Waals surface area contributed by atoms with Gasteiger partial charge in [-0.1, -0.05) is 0 Å². The Morgan fingerprint density at radius 1 is 1.41 bits per heavy atom. The van der Waals surface area contributed by atoms with Crippen molar-refractivity contribution in [2.45, 2.75) is 19.9 Å². The Morgan fingerprint density at radius 3 is 2.65 bits per heavy atom. The number of nitrogens with one attached hydrogen (secondary N) is 1. The third-order valence-electron chi connectivity index (χ3n) is 2.28. The zero-order chi connectivity index (χ0) is 13.0. The third kappa shape index (κ3) is 3.16. The molecular formula is C10H18N4O3. The molecule has 0 spiro atoms. The van der Waals surface area contributed by atoms with Crippen LogP contribution in [0, 0.1) is 0 Å². The summed E-state index contributed by atoms with van der Waals surface area (Å²) in [6.45, 7) is 4.87. The van der Waals surface area contributed by atoms with E-state index in [0.717, 1.165) is 9.25 Å². The van der Waals surface area contributed by atoms with Crippen molar-refractivity contribution in [1.82, 2.24) is 14.3 Å². The zero-order valence-corrected chi connectivity index (χ0v) is 10.6. The Hall–Kier alpha value is -1.63. The molecule has 1 unspecified atom stereocenters. The van der Waals surface area contributed by atoms with Gasteiger partial charge in [0.2, 0.25) is 5.82 Å². The third-order valence-corrected chi connectivity index (χ3v) is 2.28. The van der Waals surface area contributed by atoms with Crippen molar-refractivity contribution in [1.29, 1.82) is 0 Å². The number of anilines is 1. The molecule has 0 aliphatic heterocycles. The van der Waals surface area contributed by atoms with Crippen molar-refractivity contribution in [2.75, 3.05) is 18.5 Å². The Morgan fingerprint density at radius 2 is 2.06 bits per heavy atom. The molecule has 17 heavy (non-hydrogen) atoms. The number of ether oxygens (including phenoxy) is 1. The summed E-state index contributed by atoms with van der Waals surface area (Å²) < 4.78 is 7.36. The molecule has 1 rings (SSSR count). The van der Waals surface area contributed by atoms with Crippen LogP contribution in [-0.4, -0.2) is 33.6 Å². The van der Waals surface area contributed by atoms with E-state index in [0.29, 0.717) is 13.2 Å². The van der Waals surface area contributed by atoms with Gasteiger partial charge >= 0.3 is 5.69 Å². The predicted molar refractivity (Wildman–Crippen MR) is 64.3 cm³/mol. The molecule has 0 aromatic carbocycles. The Balaban J connectivity index is 2.93. The van der Waals surface area contributed by atoms with Crippen LogP contribution in [0.4, 0.5) is 5.82 Å². The number of aryl methyl sites for hydroxylation is 1. The maximum Gasteiger partial charge on any atom is 0.346 e. The lowest BCUT2D eigenvalue weighted by Gasteiger charge is -2.14. The summed E-state index contributed by atoms with van der Waals surface area (Å²) >= 11 is 0. The zero-order valence-electron chi connectivity index (χ0n) is 10.6. The molecule has 7 nitrogen and oxygen atoms in total. The summed E-state index contributed by atoms with van der Waals surface area (Å²) in [4.78, 5) is 23.1. The second-order valence-corrected chi connectivity index (χ2v) is 3.82. The van der Waals surface area contributed by atoms with Crippen LogP contribution >= 0.6 is 0 Å². The van der Waals surface area contributed by atoms with Crippen LogP contribution in [0.1, 0.15) is 13.8 Å². The van der Waals surface area contributed by atoms with Crippen LogP contribution in [0.15, 0.2) is 9.59 Å². The molecule has 1 N–H and O–H groups in total. The normalized spacial score (nSPS) is 12.5. The monoisotopic (exact) mass is 242 g/mol. The number of aromatic nitrogens is 3. The van der Waals surface area contributed by atoms with E-state index in [1.54, 1.807) is 0 Å². The van der Waals surface area contributed by atoms with E-state index in [4.69, 9.17) is 4.74 Å². The fourth-order valence-electron chi connectivity index (χ4n) is 1.36. The summed E-state index contributed by atoms with van der Waals surface area (Å²) in [6.07, 6.45) is 0. The van der Waals surface area contributed by atoms with Crippen molar-refractivity contribution < 1.29 is 4.74 Å². The topological polar surface area (TPSA) is 78.2 Å². The average Bonchev–Trinajstić information content (AvgIpc) is 2.30. The van der Waals surface area contributed by atoms with E-state index in [9.17, 15) is 9.59 Å². The van der Waals surface area contributed by atoms with Gasteiger partial charge in [0.25, 0.3) is 5.56 Å². The molecule has 0 fully saturated rings. The molecule has 0 bridgehead atoms. The number of hydrogen-bond donors (Lipinski definition) is 1. The van der Waals surface area contributed by atoms with Gasteiger partial charge in [-0.05, 0) is 13.8 Å². The lowest BCUT2D eigenvalue weighted by molar-refractivity contribution is 0.141. The molecule has 96 valence electrons. The maximum atomic E-state index is 11.7. The van der Waals surface area contributed by atoms with Crippen molar-refractivity contribution >= 4 is 5.82 Å². The van der Waals surface area contributed by atoms with Gasteiger partial charge in [-0.3, -0.25) is 9.36 Å². The summed E-state index contributed by atoms with van der Waals surface area (Å²) in [5.74, 6) is 0.154. The highest BCUT2D eigenvalue weighted by atomic mass is 16.5. The fourth-order valence-corrected chi connectivity index (χ4v) is 1.36. The molecule has 1 atom stereocenters. The van der Waals surface area contributed by atoms with E-state index in [-0.39, 0.29) is 11.9 Å². The molecule has 0 radical (unpaired) electrons. The van der Waals surface area contributed by atoms with Gasteiger partial charge < -0.3 is 10.1 Å². The van der Waals surface area contributed by atoms with Gasteiger partial charge in [0, 0.05) is 26.7 Å². The molecule has 1 aromatic rings. The molecule has 0 aliphatic rings. The van der Waals surface area contributed by atoms with Crippen LogP contribution in [-0.2, 0) is 18.8 Å². The van der Waals surface area contributed by atoms with E-state index in [1.165, 1.54) is 14.1 Å². The van der Waals surface area contributed by atoms with E-state index < -0.39 is 11.2 Å². The molecule has 0 aliphatic carbocycles. The average molecular weight is 242 g/mol. The van der Waals surface area contributed by atoms with Gasteiger partial charge in [0.05, 0.1) is 6.61 Å². The minimum Gasteiger partial charge on any atom is -0.380 e. The van der Waals surface area contributed by atoms with Crippen LogP contribution in [0.25, 0.3) is 0 Å². The van der Waals surface area contributed by atoms with Crippen LogP contribution in [0.5, 0.6) is 0 Å². The van der Waals surface area contributed by atoms with Gasteiger partial charge in [0.15, 0.2) is 0 Å². The first-order valence-electron chi connectivity index (χ1n) is 5.46. The SMILES string of the molecule is CCOCC(C)Nc1nn(C)c(=O)n(C)c1=O. The van der Waals surface area contributed by atoms with Crippen molar-refractivity contribution in [3.8, 4) is 0 Å². The highest BCUT2D eigenvalue weighted by Gasteiger charge is 2.11. The smallest absolute Gasteiger partial charge is 0.346 e. The highest BCUT2D eigenvalue weighted by Crippen LogP contribution is 1.95. The highest BCUT2D eigenvalue weighted by molar-refractivity contribution is 5.30. The number of hydrogen-bond acceptors (Lipinski definition) is 5. The predicted octanol–water partition coefficient (Wildman–Crippen LogP) is -0.684. The van der Waals surface area contributed by atoms with Crippen LogP contribution in [0.3, 0.4) is 0 Å². The molecule has 1 aromatic heterocycles. The minimum atomic E-state index is -0.446. The molecular weight excluding hydrogens is 224 g/mol. The summed E-state index contributed by atoms with van der Waals surface area (Å²) in [5, 5.41) is 6.81. The Labute approximate surface area is 99.0 Å². The summed E-state index contributed by atoms with van der Waals surface area (Å²) in [6, 6.07) is -0.0485. The van der Waals surface area contributed by atoms with Crippen LogP contribution < -0.4 is 16.6 Å².